The van der Waals surface area contributed by atoms with E-state index in [9.17, 15) is 5.11 Å². The summed E-state index contributed by atoms with van der Waals surface area (Å²) >= 11 is 0. The van der Waals surface area contributed by atoms with E-state index >= 15 is 0 Å². The molecule has 14 heavy (non-hydrogen) atoms. The third-order valence-corrected chi connectivity index (χ3v) is 3.01. The lowest BCUT2D eigenvalue weighted by Crippen LogP contribution is -2.45. The van der Waals surface area contributed by atoms with Crippen LogP contribution < -0.4 is 11.5 Å². The maximum absolute atomic E-state index is 9.63. The lowest BCUT2D eigenvalue weighted by atomic mass is 9.86. The van der Waals surface area contributed by atoms with Crippen molar-refractivity contribution < 1.29 is 10.2 Å². The molecule has 0 saturated carbocycles. The Kier molecular flexibility index (Phi) is 5.59. The SMILES string of the molecule is CCC(N)(CC)CCC(N)(O)CCO. The van der Waals surface area contributed by atoms with Crippen molar-refractivity contribution in [3.8, 4) is 0 Å². The highest BCUT2D eigenvalue weighted by Gasteiger charge is 2.27. The molecule has 0 heterocycles. The van der Waals surface area contributed by atoms with E-state index in [1.165, 1.54) is 0 Å². The number of nitrogens with two attached hydrogens (primary N) is 2. The smallest absolute Gasteiger partial charge is 0.115 e. The van der Waals surface area contributed by atoms with Crippen molar-refractivity contribution in [1.82, 2.24) is 0 Å². The molecular weight excluding hydrogens is 180 g/mol. The lowest BCUT2D eigenvalue weighted by Gasteiger charge is -2.31. The number of hydrogen-bond donors (Lipinski definition) is 4. The first kappa shape index (κ1) is 13.8. The average Bonchev–Trinajstić information content (AvgIpc) is 2.14. The predicted molar refractivity (Wildman–Crippen MR) is 57.6 cm³/mol. The molecule has 4 nitrogen and oxygen atoms in total. The van der Waals surface area contributed by atoms with Crippen molar-refractivity contribution in [2.45, 2.75) is 57.2 Å². The van der Waals surface area contributed by atoms with Crippen molar-refractivity contribution >= 4 is 0 Å². The van der Waals surface area contributed by atoms with E-state index in [2.05, 4.69) is 0 Å². The van der Waals surface area contributed by atoms with E-state index in [4.69, 9.17) is 16.6 Å². The van der Waals surface area contributed by atoms with Crippen LogP contribution in [0.15, 0.2) is 0 Å². The van der Waals surface area contributed by atoms with Gasteiger partial charge in [0.1, 0.15) is 5.72 Å². The predicted octanol–water partition coefficient (Wildman–Crippen LogP) is 0.314. The molecule has 4 heteroatoms. The van der Waals surface area contributed by atoms with Crippen molar-refractivity contribution in [3.05, 3.63) is 0 Å². The molecule has 0 bridgehead atoms. The van der Waals surface area contributed by atoms with Crippen LogP contribution in [0.25, 0.3) is 0 Å². The highest BCUT2D eigenvalue weighted by atomic mass is 16.3. The van der Waals surface area contributed by atoms with E-state index < -0.39 is 5.72 Å². The Morgan fingerprint density at radius 1 is 1.00 bits per heavy atom. The summed E-state index contributed by atoms with van der Waals surface area (Å²) in [4.78, 5) is 0. The van der Waals surface area contributed by atoms with Gasteiger partial charge in [-0.15, -0.1) is 0 Å². The molecule has 0 aliphatic carbocycles. The zero-order chi connectivity index (χ0) is 11.2. The monoisotopic (exact) mass is 204 g/mol. The second-order valence-corrected chi connectivity index (χ2v) is 4.15. The first-order valence-electron chi connectivity index (χ1n) is 5.30. The number of aliphatic hydroxyl groups excluding tert-OH is 1. The maximum Gasteiger partial charge on any atom is 0.115 e. The largest absolute Gasteiger partial charge is 0.396 e. The number of hydrogen-bond acceptors (Lipinski definition) is 4. The van der Waals surface area contributed by atoms with Crippen molar-refractivity contribution in [1.29, 1.82) is 0 Å². The van der Waals surface area contributed by atoms with Gasteiger partial charge in [-0.2, -0.15) is 0 Å². The van der Waals surface area contributed by atoms with Crippen LogP contribution in [0.2, 0.25) is 0 Å². The lowest BCUT2D eigenvalue weighted by molar-refractivity contribution is 0.00630. The first-order valence-corrected chi connectivity index (χ1v) is 5.30. The van der Waals surface area contributed by atoms with Crippen LogP contribution in [0, 0.1) is 0 Å². The molecule has 0 aromatic carbocycles. The molecule has 0 aromatic heterocycles. The molecule has 86 valence electrons. The van der Waals surface area contributed by atoms with Crippen LogP contribution in [-0.4, -0.2) is 28.1 Å². The van der Waals surface area contributed by atoms with Gasteiger partial charge in [0, 0.05) is 18.6 Å². The third kappa shape index (κ3) is 4.91. The first-order chi connectivity index (χ1) is 6.39. The third-order valence-electron chi connectivity index (χ3n) is 3.01. The zero-order valence-corrected chi connectivity index (χ0v) is 9.29. The van der Waals surface area contributed by atoms with Crippen molar-refractivity contribution in [3.63, 3.8) is 0 Å². The fourth-order valence-corrected chi connectivity index (χ4v) is 1.39. The van der Waals surface area contributed by atoms with Gasteiger partial charge >= 0.3 is 0 Å². The van der Waals surface area contributed by atoms with Gasteiger partial charge in [-0.05, 0) is 25.7 Å². The van der Waals surface area contributed by atoms with Gasteiger partial charge in [0.05, 0.1) is 0 Å². The fraction of sp³-hybridized carbons (Fsp3) is 1.00. The molecule has 1 atom stereocenters. The zero-order valence-electron chi connectivity index (χ0n) is 9.29. The van der Waals surface area contributed by atoms with Crippen LogP contribution in [0.4, 0.5) is 0 Å². The minimum absolute atomic E-state index is 0.0944. The quantitative estimate of drug-likeness (QED) is 0.449. The van der Waals surface area contributed by atoms with E-state index in [0.717, 1.165) is 12.8 Å². The Labute approximate surface area is 86.3 Å². The molecule has 0 fully saturated rings. The van der Waals surface area contributed by atoms with Gasteiger partial charge in [0.15, 0.2) is 0 Å². The summed E-state index contributed by atoms with van der Waals surface area (Å²) in [5, 5.41) is 18.3. The van der Waals surface area contributed by atoms with E-state index in [-0.39, 0.29) is 18.6 Å². The molecule has 0 radical (unpaired) electrons. The molecule has 0 aliphatic heterocycles. The molecule has 0 saturated heterocycles. The molecule has 6 N–H and O–H groups in total. The maximum atomic E-state index is 9.63. The van der Waals surface area contributed by atoms with Crippen LogP contribution in [-0.2, 0) is 0 Å². The van der Waals surface area contributed by atoms with Gasteiger partial charge in [0.2, 0.25) is 0 Å². The topological polar surface area (TPSA) is 92.5 Å². The van der Waals surface area contributed by atoms with Crippen LogP contribution in [0.1, 0.15) is 46.0 Å². The summed E-state index contributed by atoms with van der Waals surface area (Å²) in [5.41, 5.74) is 10.1. The summed E-state index contributed by atoms with van der Waals surface area (Å²) in [6.07, 6.45) is 3.08. The standard InChI is InChI=1S/C10H24N2O2/c1-3-9(11,4-2)5-6-10(12,14)7-8-13/h13-14H,3-8,11-12H2,1-2H3. The van der Waals surface area contributed by atoms with Crippen LogP contribution >= 0.6 is 0 Å². The molecule has 1 unspecified atom stereocenters. The average molecular weight is 204 g/mol. The Hall–Kier alpha value is -0.160. The minimum Gasteiger partial charge on any atom is -0.396 e. The minimum atomic E-state index is -1.27. The Morgan fingerprint density at radius 3 is 1.86 bits per heavy atom. The van der Waals surface area contributed by atoms with E-state index in [1.807, 2.05) is 13.8 Å². The van der Waals surface area contributed by atoms with Gasteiger partial charge < -0.3 is 21.7 Å². The molecule has 0 aromatic rings. The molecular formula is C10H24N2O2. The second kappa shape index (κ2) is 5.66. The molecule has 0 spiro atoms. The Morgan fingerprint density at radius 2 is 1.50 bits per heavy atom. The normalized spacial score (nSPS) is 16.7. The van der Waals surface area contributed by atoms with Crippen LogP contribution in [0.5, 0.6) is 0 Å². The summed E-state index contributed by atoms with van der Waals surface area (Å²) in [7, 11) is 0. The fourth-order valence-electron chi connectivity index (χ4n) is 1.39. The van der Waals surface area contributed by atoms with Gasteiger partial charge in [0.25, 0.3) is 0 Å². The van der Waals surface area contributed by atoms with Crippen LogP contribution in [0.3, 0.4) is 0 Å². The van der Waals surface area contributed by atoms with Gasteiger partial charge in [-0.25, -0.2) is 0 Å². The second-order valence-electron chi connectivity index (χ2n) is 4.15. The molecule has 0 rings (SSSR count). The summed E-state index contributed by atoms with van der Waals surface area (Å²) in [5.74, 6) is 0. The molecule has 0 amide bonds. The highest BCUT2D eigenvalue weighted by Crippen LogP contribution is 2.22. The number of aliphatic hydroxyl groups is 2. The summed E-state index contributed by atoms with van der Waals surface area (Å²) < 4.78 is 0. The van der Waals surface area contributed by atoms with Gasteiger partial charge in [-0.3, -0.25) is 0 Å². The van der Waals surface area contributed by atoms with E-state index in [0.29, 0.717) is 12.8 Å². The van der Waals surface area contributed by atoms with Gasteiger partial charge in [-0.1, -0.05) is 13.8 Å². The summed E-state index contributed by atoms with van der Waals surface area (Å²) in [6.45, 7) is 3.97. The van der Waals surface area contributed by atoms with Crippen molar-refractivity contribution in [2.24, 2.45) is 11.5 Å². The van der Waals surface area contributed by atoms with E-state index in [1.54, 1.807) is 0 Å². The highest BCUT2D eigenvalue weighted by molar-refractivity contribution is 4.84. The van der Waals surface area contributed by atoms with Crippen molar-refractivity contribution in [2.75, 3.05) is 6.61 Å². The number of rotatable bonds is 7. The summed E-state index contributed by atoms with van der Waals surface area (Å²) in [6, 6.07) is 0. The molecule has 0 aliphatic rings. The Bertz CT molecular complexity index is 156. The Balaban J connectivity index is 4.02.